The van der Waals surface area contributed by atoms with Crippen LogP contribution >= 0.6 is 0 Å². The SMILES string of the molecule is CC(N[C@@H](C)C1CCCC1)c1ccnn1C. The lowest BCUT2D eigenvalue weighted by Crippen LogP contribution is -2.35. The first-order chi connectivity index (χ1) is 7.68. The molecule has 3 nitrogen and oxygen atoms in total. The fourth-order valence-corrected chi connectivity index (χ4v) is 2.88. The third-order valence-corrected chi connectivity index (χ3v) is 3.92. The Bertz CT molecular complexity index is 326. The zero-order valence-corrected chi connectivity index (χ0v) is 10.6. The maximum atomic E-state index is 4.22. The first-order valence-electron chi connectivity index (χ1n) is 6.42. The quantitative estimate of drug-likeness (QED) is 0.847. The highest BCUT2D eigenvalue weighted by Gasteiger charge is 2.23. The lowest BCUT2D eigenvalue weighted by atomic mass is 9.99. The van der Waals surface area contributed by atoms with Crippen molar-refractivity contribution in [1.29, 1.82) is 0 Å². The Morgan fingerprint density at radius 2 is 2.06 bits per heavy atom. The summed E-state index contributed by atoms with van der Waals surface area (Å²) in [5.74, 6) is 0.871. The molecule has 1 aliphatic rings. The monoisotopic (exact) mass is 221 g/mol. The summed E-state index contributed by atoms with van der Waals surface area (Å²) in [6.07, 6.45) is 7.49. The smallest absolute Gasteiger partial charge is 0.0547 e. The maximum Gasteiger partial charge on any atom is 0.0547 e. The van der Waals surface area contributed by atoms with Crippen molar-refractivity contribution in [1.82, 2.24) is 15.1 Å². The van der Waals surface area contributed by atoms with E-state index in [9.17, 15) is 0 Å². The summed E-state index contributed by atoms with van der Waals surface area (Å²) in [6, 6.07) is 3.11. The van der Waals surface area contributed by atoms with E-state index in [1.54, 1.807) is 0 Å². The molecule has 0 saturated heterocycles. The second-order valence-electron chi connectivity index (χ2n) is 5.10. The summed E-state index contributed by atoms with van der Waals surface area (Å²) in [6.45, 7) is 4.55. The van der Waals surface area contributed by atoms with Crippen molar-refractivity contribution in [3.63, 3.8) is 0 Å². The Balaban J connectivity index is 1.91. The minimum absolute atomic E-state index is 0.392. The molecule has 1 aromatic rings. The molecule has 0 aromatic carbocycles. The molecule has 3 heteroatoms. The topological polar surface area (TPSA) is 29.9 Å². The molecule has 1 heterocycles. The number of nitrogens with one attached hydrogen (secondary N) is 1. The zero-order valence-electron chi connectivity index (χ0n) is 10.6. The molecular formula is C13H23N3. The van der Waals surface area contributed by atoms with Gasteiger partial charge in [0.1, 0.15) is 0 Å². The number of hydrogen-bond acceptors (Lipinski definition) is 2. The summed E-state index contributed by atoms with van der Waals surface area (Å²) in [7, 11) is 2.01. The number of aromatic nitrogens is 2. The second-order valence-corrected chi connectivity index (χ2v) is 5.10. The molecule has 0 radical (unpaired) electrons. The highest BCUT2D eigenvalue weighted by Crippen LogP contribution is 2.28. The first kappa shape index (κ1) is 11.6. The van der Waals surface area contributed by atoms with Crippen LogP contribution in [0.1, 0.15) is 51.3 Å². The van der Waals surface area contributed by atoms with E-state index in [0.717, 1.165) is 5.92 Å². The summed E-state index contributed by atoms with van der Waals surface area (Å²) in [5.41, 5.74) is 1.27. The van der Waals surface area contributed by atoms with Crippen LogP contribution in [0.5, 0.6) is 0 Å². The van der Waals surface area contributed by atoms with Crippen molar-refractivity contribution in [2.24, 2.45) is 13.0 Å². The van der Waals surface area contributed by atoms with Crippen molar-refractivity contribution in [2.75, 3.05) is 0 Å². The predicted octanol–water partition coefficient (Wildman–Crippen LogP) is 2.65. The number of aryl methyl sites for hydroxylation is 1. The molecule has 1 aliphatic carbocycles. The molecule has 1 aromatic heterocycles. The second kappa shape index (κ2) is 5.00. The standard InChI is InChI=1S/C13H23N3/c1-10(12-6-4-5-7-12)15-11(2)13-8-9-14-16(13)3/h8-12,15H,4-7H2,1-3H3/t10-,11?/m0/s1. The minimum atomic E-state index is 0.392. The van der Waals surface area contributed by atoms with Gasteiger partial charge in [0, 0.05) is 25.3 Å². The van der Waals surface area contributed by atoms with Crippen LogP contribution in [0, 0.1) is 5.92 Å². The van der Waals surface area contributed by atoms with Crippen molar-refractivity contribution in [2.45, 2.75) is 51.6 Å². The van der Waals surface area contributed by atoms with Crippen LogP contribution in [0.25, 0.3) is 0 Å². The molecule has 0 spiro atoms. The molecule has 1 unspecified atom stereocenters. The van der Waals surface area contributed by atoms with Crippen LogP contribution in [-0.2, 0) is 7.05 Å². The first-order valence-corrected chi connectivity index (χ1v) is 6.42. The van der Waals surface area contributed by atoms with E-state index in [1.807, 2.05) is 17.9 Å². The van der Waals surface area contributed by atoms with E-state index >= 15 is 0 Å². The van der Waals surface area contributed by atoms with Gasteiger partial charge in [-0.25, -0.2) is 0 Å². The van der Waals surface area contributed by atoms with Crippen molar-refractivity contribution in [3.05, 3.63) is 18.0 Å². The van der Waals surface area contributed by atoms with Gasteiger partial charge in [-0.2, -0.15) is 5.10 Å². The number of nitrogens with zero attached hydrogens (tertiary/aromatic N) is 2. The van der Waals surface area contributed by atoms with E-state index in [4.69, 9.17) is 0 Å². The van der Waals surface area contributed by atoms with E-state index in [0.29, 0.717) is 12.1 Å². The van der Waals surface area contributed by atoms with Gasteiger partial charge in [0.05, 0.1) is 5.69 Å². The van der Waals surface area contributed by atoms with Gasteiger partial charge >= 0.3 is 0 Å². The van der Waals surface area contributed by atoms with Gasteiger partial charge in [-0.1, -0.05) is 12.8 Å². The highest BCUT2D eigenvalue weighted by atomic mass is 15.3. The third kappa shape index (κ3) is 2.46. The van der Waals surface area contributed by atoms with Gasteiger partial charge in [0.2, 0.25) is 0 Å². The molecule has 2 rings (SSSR count). The predicted molar refractivity (Wildman–Crippen MR) is 66.2 cm³/mol. The van der Waals surface area contributed by atoms with E-state index < -0.39 is 0 Å². The Kier molecular flexibility index (Phi) is 3.64. The molecule has 0 aliphatic heterocycles. The van der Waals surface area contributed by atoms with Crippen LogP contribution in [0.2, 0.25) is 0 Å². The fourth-order valence-electron chi connectivity index (χ4n) is 2.88. The van der Waals surface area contributed by atoms with Crippen molar-refractivity contribution >= 4 is 0 Å². The maximum absolute atomic E-state index is 4.22. The van der Waals surface area contributed by atoms with Gasteiger partial charge in [-0.15, -0.1) is 0 Å². The Hall–Kier alpha value is -0.830. The van der Waals surface area contributed by atoms with Crippen molar-refractivity contribution in [3.8, 4) is 0 Å². The molecule has 0 bridgehead atoms. The Morgan fingerprint density at radius 3 is 2.62 bits per heavy atom. The van der Waals surface area contributed by atoms with E-state index in [2.05, 4.69) is 30.3 Å². The lowest BCUT2D eigenvalue weighted by molar-refractivity contribution is 0.346. The largest absolute Gasteiger partial charge is 0.306 e. The fraction of sp³-hybridized carbons (Fsp3) is 0.769. The van der Waals surface area contributed by atoms with Gasteiger partial charge in [-0.3, -0.25) is 4.68 Å². The Morgan fingerprint density at radius 1 is 1.38 bits per heavy atom. The summed E-state index contributed by atoms with van der Waals surface area (Å²) < 4.78 is 1.96. The summed E-state index contributed by atoms with van der Waals surface area (Å²) in [5, 5.41) is 7.92. The minimum Gasteiger partial charge on any atom is -0.306 e. The molecule has 1 fully saturated rings. The van der Waals surface area contributed by atoms with Gasteiger partial charge in [-0.05, 0) is 38.7 Å². The van der Waals surface area contributed by atoms with Crippen LogP contribution in [0.3, 0.4) is 0 Å². The molecule has 0 amide bonds. The molecule has 1 saturated carbocycles. The van der Waals surface area contributed by atoms with E-state index in [-0.39, 0.29) is 0 Å². The molecule has 90 valence electrons. The normalized spacial score (nSPS) is 21.2. The highest BCUT2D eigenvalue weighted by molar-refractivity contribution is 5.05. The average Bonchev–Trinajstić information content (AvgIpc) is 2.86. The molecular weight excluding hydrogens is 198 g/mol. The zero-order chi connectivity index (χ0) is 11.5. The third-order valence-electron chi connectivity index (χ3n) is 3.92. The number of hydrogen-bond donors (Lipinski definition) is 1. The van der Waals surface area contributed by atoms with Crippen molar-refractivity contribution < 1.29 is 0 Å². The average molecular weight is 221 g/mol. The van der Waals surface area contributed by atoms with E-state index in [1.165, 1.54) is 31.4 Å². The van der Waals surface area contributed by atoms with Crippen LogP contribution in [0.4, 0.5) is 0 Å². The Labute approximate surface area is 98.2 Å². The molecule has 2 atom stereocenters. The van der Waals surface area contributed by atoms with Crippen LogP contribution in [0.15, 0.2) is 12.3 Å². The summed E-state index contributed by atoms with van der Waals surface area (Å²) >= 11 is 0. The van der Waals surface area contributed by atoms with Gasteiger partial charge in [0.15, 0.2) is 0 Å². The number of rotatable bonds is 4. The lowest BCUT2D eigenvalue weighted by Gasteiger charge is -2.25. The van der Waals surface area contributed by atoms with Crippen LogP contribution < -0.4 is 5.32 Å². The molecule has 1 N–H and O–H groups in total. The summed E-state index contributed by atoms with van der Waals surface area (Å²) in [4.78, 5) is 0. The van der Waals surface area contributed by atoms with Gasteiger partial charge < -0.3 is 5.32 Å². The van der Waals surface area contributed by atoms with Gasteiger partial charge in [0.25, 0.3) is 0 Å². The van der Waals surface area contributed by atoms with Crippen LogP contribution in [-0.4, -0.2) is 15.8 Å². The molecule has 16 heavy (non-hydrogen) atoms.